The molecule has 3 unspecified atom stereocenters. The number of hydrogen-bond donors (Lipinski definition) is 0. The van der Waals surface area contributed by atoms with Crippen LogP contribution >= 0.6 is 11.8 Å². The van der Waals surface area contributed by atoms with Crippen LogP contribution in [0, 0.1) is 17.2 Å². The van der Waals surface area contributed by atoms with Crippen LogP contribution in [-0.2, 0) is 4.74 Å². The van der Waals surface area contributed by atoms with Crippen molar-refractivity contribution in [3.63, 3.8) is 0 Å². The molecule has 0 aromatic carbocycles. The Bertz CT molecular complexity index is 245. The summed E-state index contributed by atoms with van der Waals surface area (Å²) in [6.45, 7) is 0.942. The van der Waals surface area contributed by atoms with Crippen LogP contribution in [0.25, 0.3) is 0 Å². The molecule has 1 aliphatic carbocycles. The number of nitrogens with zero attached hydrogens (tertiary/aromatic N) is 1. The van der Waals surface area contributed by atoms with E-state index in [9.17, 15) is 5.26 Å². The average Bonchev–Trinajstić information content (AvgIpc) is 2.71. The summed E-state index contributed by atoms with van der Waals surface area (Å²) in [4.78, 5) is 0. The third kappa shape index (κ3) is 3.40. The molecule has 0 radical (unpaired) electrons. The average molecular weight is 239 g/mol. The largest absolute Gasteiger partial charge is 0.377 e. The number of rotatable bonds is 3. The zero-order valence-corrected chi connectivity index (χ0v) is 10.7. The van der Waals surface area contributed by atoms with E-state index in [1.165, 1.54) is 38.5 Å². The van der Waals surface area contributed by atoms with Crippen LogP contribution in [0.4, 0.5) is 0 Å². The van der Waals surface area contributed by atoms with Gasteiger partial charge in [0.05, 0.1) is 18.1 Å². The van der Waals surface area contributed by atoms with Crippen molar-refractivity contribution in [3.05, 3.63) is 0 Å². The SMILES string of the molecule is N#CC1CCCCCC1SCC1CCCO1. The monoisotopic (exact) mass is 239 g/mol. The zero-order chi connectivity index (χ0) is 11.2. The third-order valence-corrected chi connectivity index (χ3v) is 5.20. The molecule has 2 fully saturated rings. The Kier molecular flexibility index (Phi) is 4.99. The lowest BCUT2D eigenvalue weighted by atomic mass is 10.0. The highest BCUT2D eigenvalue weighted by atomic mass is 32.2. The molecule has 2 rings (SSSR count). The highest BCUT2D eigenvalue weighted by Gasteiger charge is 2.25. The second-order valence-electron chi connectivity index (χ2n) is 4.88. The summed E-state index contributed by atoms with van der Waals surface area (Å²) in [7, 11) is 0. The zero-order valence-electron chi connectivity index (χ0n) is 9.86. The molecule has 1 heterocycles. The minimum atomic E-state index is 0.286. The molecule has 1 saturated heterocycles. The van der Waals surface area contributed by atoms with Crippen LogP contribution in [-0.4, -0.2) is 23.7 Å². The molecule has 1 aliphatic heterocycles. The standard InChI is InChI=1S/C13H21NOS/c14-9-11-5-2-1-3-7-13(11)16-10-12-6-4-8-15-12/h11-13H,1-8,10H2. The van der Waals surface area contributed by atoms with E-state index in [0.717, 1.165) is 18.8 Å². The normalized spacial score (nSPS) is 35.6. The molecule has 0 amide bonds. The van der Waals surface area contributed by atoms with Crippen molar-refractivity contribution in [1.82, 2.24) is 0 Å². The summed E-state index contributed by atoms with van der Waals surface area (Å²) in [5.74, 6) is 1.39. The van der Waals surface area contributed by atoms with Crippen LogP contribution in [0.1, 0.15) is 44.9 Å². The van der Waals surface area contributed by atoms with Gasteiger partial charge in [0, 0.05) is 17.6 Å². The van der Waals surface area contributed by atoms with Crippen molar-refractivity contribution in [2.45, 2.75) is 56.3 Å². The summed E-state index contributed by atoms with van der Waals surface area (Å²) >= 11 is 1.99. The van der Waals surface area contributed by atoms with Crippen molar-refractivity contribution in [3.8, 4) is 6.07 Å². The third-order valence-electron chi connectivity index (χ3n) is 3.64. The van der Waals surface area contributed by atoms with E-state index in [-0.39, 0.29) is 5.92 Å². The van der Waals surface area contributed by atoms with Crippen LogP contribution in [0.3, 0.4) is 0 Å². The van der Waals surface area contributed by atoms with Crippen molar-refractivity contribution >= 4 is 11.8 Å². The topological polar surface area (TPSA) is 33.0 Å². The fraction of sp³-hybridized carbons (Fsp3) is 0.923. The van der Waals surface area contributed by atoms with E-state index in [0.29, 0.717) is 11.4 Å². The molecule has 0 aromatic rings. The maximum absolute atomic E-state index is 9.18. The molecule has 1 saturated carbocycles. The predicted octanol–water partition coefficient (Wildman–Crippen LogP) is 3.37. The predicted molar refractivity (Wildman–Crippen MR) is 67.4 cm³/mol. The molecule has 3 atom stereocenters. The van der Waals surface area contributed by atoms with Gasteiger partial charge >= 0.3 is 0 Å². The Morgan fingerprint density at radius 2 is 2.00 bits per heavy atom. The van der Waals surface area contributed by atoms with Crippen LogP contribution in [0.2, 0.25) is 0 Å². The highest BCUT2D eigenvalue weighted by molar-refractivity contribution is 7.99. The van der Waals surface area contributed by atoms with E-state index >= 15 is 0 Å². The van der Waals surface area contributed by atoms with Crippen molar-refractivity contribution in [1.29, 1.82) is 5.26 Å². The minimum Gasteiger partial charge on any atom is -0.377 e. The second kappa shape index (κ2) is 6.51. The Balaban J connectivity index is 1.78. The highest BCUT2D eigenvalue weighted by Crippen LogP contribution is 2.33. The molecule has 0 spiro atoms. The van der Waals surface area contributed by atoms with Gasteiger partial charge in [-0.2, -0.15) is 17.0 Å². The smallest absolute Gasteiger partial charge is 0.0667 e. The molecule has 2 nitrogen and oxygen atoms in total. The van der Waals surface area contributed by atoms with Gasteiger partial charge in [0.15, 0.2) is 0 Å². The Labute approximate surface area is 103 Å². The number of hydrogen-bond acceptors (Lipinski definition) is 3. The van der Waals surface area contributed by atoms with Gasteiger partial charge in [-0.1, -0.05) is 19.3 Å². The van der Waals surface area contributed by atoms with E-state index < -0.39 is 0 Å². The summed E-state index contributed by atoms with van der Waals surface area (Å²) < 4.78 is 5.64. The van der Waals surface area contributed by atoms with Crippen LogP contribution in [0.15, 0.2) is 0 Å². The summed E-state index contributed by atoms with van der Waals surface area (Å²) in [6, 6.07) is 2.51. The fourth-order valence-corrected chi connectivity index (χ4v) is 4.11. The first-order valence-electron chi connectivity index (χ1n) is 6.53. The van der Waals surface area contributed by atoms with Gasteiger partial charge in [0.25, 0.3) is 0 Å². The van der Waals surface area contributed by atoms with Crippen molar-refractivity contribution < 1.29 is 4.74 Å². The number of thioether (sulfide) groups is 1. The van der Waals surface area contributed by atoms with Crippen molar-refractivity contribution in [2.75, 3.05) is 12.4 Å². The molecule has 0 N–H and O–H groups in total. The molecule has 90 valence electrons. The lowest BCUT2D eigenvalue weighted by Crippen LogP contribution is -2.18. The molecule has 16 heavy (non-hydrogen) atoms. The molecule has 3 heteroatoms. The first-order valence-corrected chi connectivity index (χ1v) is 7.58. The lowest BCUT2D eigenvalue weighted by molar-refractivity contribution is 0.128. The molecule has 0 bridgehead atoms. The van der Waals surface area contributed by atoms with Crippen LogP contribution < -0.4 is 0 Å². The van der Waals surface area contributed by atoms with E-state index in [1.54, 1.807) is 0 Å². The fourth-order valence-electron chi connectivity index (χ4n) is 2.63. The van der Waals surface area contributed by atoms with Gasteiger partial charge < -0.3 is 4.74 Å². The van der Waals surface area contributed by atoms with Gasteiger partial charge in [-0.3, -0.25) is 0 Å². The van der Waals surface area contributed by atoms with Crippen molar-refractivity contribution in [2.24, 2.45) is 5.92 Å². The Hall–Kier alpha value is -0.200. The first-order chi connectivity index (χ1) is 7.90. The van der Waals surface area contributed by atoms with E-state index in [1.807, 2.05) is 11.8 Å². The Morgan fingerprint density at radius 3 is 2.75 bits per heavy atom. The van der Waals surface area contributed by atoms with E-state index in [4.69, 9.17) is 4.74 Å². The first kappa shape index (κ1) is 12.3. The molecular formula is C13H21NOS. The number of nitriles is 1. The maximum Gasteiger partial charge on any atom is 0.0667 e. The van der Waals surface area contributed by atoms with Gasteiger partial charge in [-0.15, -0.1) is 0 Å². The van der Waals surface area contributed by atoms with Gasteiger partial charge in [0.2, 0.25) is 0 Å². The minimum absolute atomic E-state index is 0.286. The summed E-state index contributed by atoms with van der Waals surface area (Å²) in [5.41, 5.74) is 0. The van der Waals surface area contributed by atoms with Gasteiger partial charge in [-0.05, 0) is 25.7 Å². The van der Waals surface area contributed by atoms with Crippen LogP contribution in [0.5, 0.6) is 0 Å². The summed E-state index contributed by atoms with van der Waals surface area (Å²) in [5, 5.41) is 9.75. The summed E-state index contributed by atoms with van der Waals surface area (Å²) in [6.07, 6.45) is 9.11. The molecular weight excluding hydrogens is 218 g/mol. The Morgan fingerprint density at radius 1 is 1.12 bits per heavy atom. The second-order valence-corrected chi connectivity index (χ2v) is 6.15. The lowest BCUT2D eigenvalue weighted by Gasteiger charge is -2.20. The quantitative estimate of drug-likeness (QED) is 0.708. The van der Waals surface area contributed by atoms with Gasteiger partial charge in [-0.25, -0.2) is 0 Å². The van der Waals surface area contributed by atoms with Gasteiger partial charge in [0.1, 0.15) is 0 Å². The van der Waals surface area contributed by atoms with E-state index in [2.05, 4.69) is 6.07 Å². The number of ether oxygens (including phenoxy) is 1. The maximum atomic E-state index is 9.18. The molecule has 0 aromatic heterocycles. The molecule has 2 aliphatic rings.